The number of carbonyl (C=O) groups is 1. The van der Waals surface area contributed by atoms with Crippen molar-refractivity contribution < 1.29 is 4.79 Å². The van der Waals surface area contributed by atoms with E-state index in [1.165, 1.54) is 7.05 Å². The first kappa shape index (κ1) is 10.8. The molecule has 0 heterocycles. The van der Waals surface area contributed by atoms with E-state index in [1.807, 2.05) is 13.8 Å². The molecular weight excluding hydrogens is 156 g/mol. The van der Waals surface area contributed by atoms with Crippen LogP contribution in [-0.2, 0) is 4.79 Å². The number of hydrogen-bond acceptors (Lipinski definition) is 2. The molecule has 5 heteroatoms. The van der Waals surface area contributed by atoms with Crippen LogP contribution in [0.3, 0.4) is 0 Å². The molecule has 0 aliphatic rings. The largest absolute Gasteiger partial charge is 0.359 e. The summed E-state index contributed by atoms with van der Waals surface area (Å²) in [6.45, 7) is 3.84. The number of carbonyl (C=O) groups excluding carboxylic acids is 1. The summed E-state index contributed by atoms with van der Waals surface area (Å²) in [6.07, 6.45) is 0.817. The highest BCUT2D eigenvalue weighted by Crippen LogP contribution is 2.11. The molecule has 1 amide bonds. The highest BCUT2D eigenvalue weighted by Gasteiger charge is 2.20. The summed E-state index contributed by atoms with van der Waals surface area (Å²) in [5.41, 5.74) is 8.20. The zero-order valence-electron chi connectivity index (χ0n) is 7.61. The maximum Gasteiger partial charge on any atom is 0.229 e. The number of hydrogen-bond donors (Lipinski definition) is 1. The average Bonchev–Trinajstić information content (AvgIpc) is 2.11. The van der Waals surface area contributed by atoms with Crippen LogP contribution in [0.1, 0.15) is 20.3 Å². The van der Waals surface area contributed by atoms with Gasteiger partial charge >= 0.3 is 0 Å². The van der Waals surface area contributed by atoms with E-state index >= 15 is 0 Å². The molecule has 0 bridgehead atoms. The van der Waals surface area contributed by atoms with Gasteiger partial charge in [-0.15, -0.1) is 0 Å². The quantitative estimate of drug-likeness (QED) is 0.387. The molecule has 0 aromatic carbocycles. The molecule has 2 atom stereocenters. The van der Waals surface area contributed by atoms with Crippen molar-refractivity contribution in [3.63, 3.8) is 0 Å². The first-order valence-corrected chi connectivity index (χ1v) is 3.93. The molecule has 0 rings (SSSR count). The fourth-order valence-electron chi connectivity index (χ4n) is 0.851. The molecule has 0 radical (unpaired) electrons. The van der Waals surface area contributed by atoms with Gasteiger partial charge in [-0.3, -0.25) is 4.79 Å². The Bertz CT molecular complexity index is 198. The number of likely N-dealkylation sites (N-methyl/N-ethyl adjacent to an activating group) is 1. The topological polar surface area (TPSA) is 77.9 Å². The monoisotopic (exact) mass is 170 g/mol. The number of rotatable bonds is 4. The summed E-state index contributed by atoms with van der Waals surface area (Å²) in [5.74, 6) is -0.136. The van der Waals surface area contributed by atoms with Crippen LogP contribution in [0.15, 0.2) is 5.11 Å². The van der Waals surface area contributed by atoms with Crippen LogP contribution in [0.2, 0.25) is 0 Å². The minimum atomic E-state index is -0.579. The highest BCUT2D eigenvalue weighted by atomic mass is 16.2. The molecule has 0 aromatic heterocycles. The lowest BCUT2D eigenvalue weighted by Crippen LogP contribution is -2.34. The van der Waals surface area contributed by atoms with E-state index in [-0.39, 0.29) is 11.8 Å². The lowest BCUT2D eigenvalue weighted by atomic mass is 9.99. The maximum absolute atomic E-state index is 11.1. The molecule has 0 spiro atoms. The van der Waals surface area contributed by atoms with Crippen molar-refractivity contribution in [1.82, 2.24) is 5.32 Å². The molecule has 12 heavy (non-hydrogen) atoms. The third kappa shape index (κ3) is 2.80. The Hall–Kier alpha value is -1.22. The third-order valence-corrected chi connectivity index (χ3v) is 1.87. The van der Waals surface area contributed by atoms with Gasteiger partial charge < -0.3 is 5.32 Å². The molecule has 0 fully saturated rings. The summed E-state index contributed by atoms with van der Waals surface area (Å²) in [7, 11) is 1.53. The maximum atomic E-state index is 11.1. The Balaban J connectivity index is 4.42. The molecule has 0 aliphatic heterocycles. The van der Waals surface area contributed by atoms with Crippen molar-refractivity contribution in [1.29, 1.82) is 0 Å². The molecule has 1 unspecified atom stereocenters. The lowest BCUT2D eigenvalue weighted by Gasteiger charge is -2.15. The number of azide groups is 1. The number of nitrogens with one attached hydrogen (secondary N) is 1. The third-order valence-electron chi connectivity index (χ3n) is 1.87. The molecule has 0 saturated heterocycles. The van der Waals surface area contributed by atoms with Crippen LogP contribution in [0.25, 0.3) is 10.4 Å². The Kier molecular flexibility index (Phi) is 4.88. The molecule has 0 aliphatic carbocycles. The van der Waals surface area contributed by atoms with Crippen LogP contribution in [0.4, 0.5) is 0 Å². The van der Waals surface area contributed by atoms with Crippen molar-refractivity contribution in [3.8, 4) is 0 Å². The van der Waals surface area contributed by atoms with E-state index in [0.717, 1.165) is 6.42 Å². The normalized spacial score (nSPS) is 14.2. The van der Waals surface area contributed by atoms with Gasteiger partial charge in [-0.05, 0) is 11.4 Å². The second kappa shape index (κ2) is 5.43. The van der Waals surface area contributed by atoms with Crippen molar-refractivity contribution in [3.05, 3.63) is 10.4 Å². The first-order chi connectivity index (χ1) is 5.67. The van der Waals surface area contributed by atoms with Gasteiger partial charge in [-0.25, -0.2) is 0 Å². The fourth-order valence-corrected chi connectivity index (χ4v) is 0.851. The van der Waals surface area contributed by atoms with Crippen LogP contribution < -0.4 is 5.32 Å². The predicted molar refractivity (Wildman–Crippen MR) is 46.5 cm³/mol. The average molecular weight is 170 g/mol. The lowest BCUT2D eigenvalue weighted by molar-refractivity contribution is -0.122. The van der Waals surface area contributed by atoms with E-state index in [9.17, 15) is 4.79 Å². The van der Waals surface area contributed by atoms with Crippen molar-refractivity contribution in [2.45, 2.75) is 26.3 Å². The van der Waals surface area contributed by atoms with Gasteiger partial charge in [0.2, 0.25) is 5.91 Å². The Morgan fingerprint density at radius 3 is 2.67 bits per heavy atom. The van der Waals surface area contributed by atoms with Crippen LogP contribution in [-0.4, -0.2) is 19.0 Å². The second-order valence-corrected chi connectivity index (χ2v) is 2.65. The smallest absolute Gasteiger partial charge is 0.229 e. The van der Waals surface area contributed by atoms with E-state index in [1.54, 1.807) is 0 Å². The van der Waals surface area contributed by atoms with Gasteiger partial charge in [-0.1, -0.05) is 25.4 Å². The summed E-state index contributed by atoms with van der Waals surface area (Å²) >= 11 is 0. The van der Waals surface area contributed by atoms with Gasteiger partial charge in [0.15, 0.2) is 0 Å². The predicted octanol–water partition coefficient (Wildman–Crippen LogP) is 1.46. The van der Waals surface area contributed by atoms with Gasteiger partial charge in [0.25, 0.3) is 0 Å². The molecule has 68 valence electrons. The van der Waals surface area contributed by atoms with Gasteiger partial charge in [0.05, 0.1) is 0 Å². The summed E-state index contributed by atoms with van der Waals surface area (Å²) < 4.78 is 0. The minimum Gasteiger partial charge on any atom is -0.359 e. The van der Waals surface area contributed by atoms with Crippen LogP contribution in [0, 0.1) is 5.92 Å². The zero-order valence-corrected chi connectivity index (χ0v) is 7.61. The fraction of sp³-hybridized carbons (Fsp3) is 0.857. The van der Waals surface area contributed by atoms with Gasteiger partial charge in [-0.2, -0.15) is 0 Å². The SMILES string of the molecule is CCC(C)[C@H](N=[N+]=[N-])C(=O)NC. The van der Waals surface area contributed by atoms with E-state index < -0.39 is 6.04 Å². The van der Waals surface area contributed by atoms with E-state index in [2.05, 4.69) is 15.3 Å². The van der Waals surface area contributed by atoms with Crippen molar-refractivity contribution in [2.75, 3.05) is 7.05 Å². The number of amides is 1. The van der Waals surface area contributed by atoms with E-state index in [4.69, 9.17) is 5.53 Å². The standard InChI is InChI=1S/C7H14N4O/c1-4-5(2)6(10-11-8)7(12)9-3/h5-6H,4H2,1-3H3,(H,9,12)/t5?,6-/m0/s1. The Morgan fingerprint density at radius 2 is 2.33 bits per heavy atom. The molecule has 5 nitrogen and oxygen atoms in total. The summed E-state index contributed by atoms with van der Waals surface area (Å²) in [5, 5.41) is 5.90. The molecule has 1 N–H and O–H groups in total. The minimum absolute atomic E-state index is 0.0841. The highest BCUT2D eigenvalue weighted by molar-refractivity contribution is 5.81. The number of nitrogens with zero attached hydrogens (tertiary/aromatic N) is 3. The van der Waals surface area contributed by atoms with Crippen molar-refractivity contribution in [2.24, 2.45) is 11.0 Å². The van der Waals surface area contributed by atoms with Gasteiger partial charge in [0.1, 0.15) is 6.04 Å². The summed E-state index contributed by atoms with van der Waals surface area (Å²) in [6, 6.07) is -0.579. The Morgan fingerprint density at radius 1 is 1.75 bits per heavy atom. The van der Waals surface area contributed by atoms with Gasteiger partial charge in [0, 0.05) is 12.0 Å². The Labute approximate surface area is 71.8 Å². The van der Waals surface area contributed by atoms with Crippen molar-refractivity contribution >= 4 is 5.91 Å². The van der Waals surface area contributed by atoms with Crippen LogP contribution in [0.5, 0.6) is 0 Å². The van der Waals surface area contributed by atoms with E-state index in [0.29, 0.717) is 0 Å². The summed E-state index contributed by atoms with van der Waals surface area (Å²) in [4.78, 5) is 13.8. The molecule has 0 aromatic rings. The molecular formula is C7H14N4O. The zero-order chi connectivity index (χ0) is 9.56. The first-order valence-electron chi connectivity index (χ1n) is 3.93. The second-order valence-electron chi connectivity index (χ2n) is 2.65. The molecule has 0 saturated carbocycles. The van der Waals surface area contributed by atoms with Crippen LogP contribution >= 0.6 is 0 Å².